The standard InChI is InChI=1S/C17H13Cl2N3O4/c1-8-15(22-7-9(18)3-4-14(22)20-8)16(23)21-12-6-13(26-2)10(17(24)25)5-11(12)19/h3-7H,1-2H3,(H,21,23)(H,24,25). The van der Waals surface area contributed by atoms with Crippen molar-refractivity contribution in [3.8, 4) is 5.75 Å². The summed E-state index contributed by atoms with van der Waals surface area (Å²) in [6.07, 6.45) is 1.58. The van der Waals surface area contributed by atoms with Gasteiger partial charge in [-0.25, -0.2) is 9.78 Å². The molecule has 0 unspecified atom stereocenters. The highest BCUT2D eigenvalue weighted by molar-refractivity contribution is 6.34. The van der Waals surface area contributed by atoms with Crippen LogP contribution in [0.4, 0.5) is 5.69 Å². The highest BCUT2D eigenvalue weighted by Crippen LogP contribution is 2.31. The summed E-state index contributed by atoms with van der Waals surface area (Å²) in [4.78, 5) is 28.3. The number of fused-ring (bicyclic) bond motifs is 1. The number of methoxy groups -OCH3 is 1. The number of carbonyl (C=O) groups is 2. The molecule has 0 aliphatic carbocycles. The largest absolute Gasteiger partial charge is 0.496 e. The average molecular weight is 394 g/mol. The van der Waals surface area contributed by atoms with E-state index in [9.17, 15) is 14.7 Å². The Bertz CT molecular complexity index is 1050. The molecule has 2 N–H and O–H groups in total. The van der Waals surface area contributed by atoms with Gasteiger partial charge >= 0.3 is 5.97 Å². The van der Waals surface area contributed by atoms with Crippen LogP contribution in [-0.4, -0.2) is 33.5 Å². The van der Waals surface area contributed by atoms with E-state index in [1.807, 2.05) is 0 Å². The zero-order chi connectivity index (χ0) is 19.0. The summed E-state index contributed by atoms with van der Waals surface area (Å²) in [7, 11) is 1.33. The summed E-state index contributed by atoms with van der Waals surface area (Å²) >= 11 is 12.1. The number of carboxylic acids is 1. The third-order valence-corrected chi connectivity index (χ3v) is 4.28. The minimum Gasteiger partial charge on any atom is -0.496 e. The Labute approximate surface area is 158 Å². The van der Waals surface area contributed by atoms with Gasteiger partial charge in [-0.15, -0.1) is 0 Å². The molecule has 26 heavy (non-hydrogen) atoms. The molecule has 0 saturated heterocycles. The lowest BCUT2D eigenvalue weighted by atomic mass is 10.1. The molecule has 0 atom stereocenters. The van der Waals surface area contributed by atoms with Gasteiger partial charge in [-0.05, 0) is 25.1 Å². The number of carbonyl (C=O) groups excluding carboxylic acids is 1. The number of imidazole rings is 1. The van der Waals surface area contributed by atoms with Crippen molar-refractivity contribution in [2.45, 2.75) is 6.92 Å². The Morgan fingerprint density at radius 3 is 2.65 bits per heavy atom. The Hall–Kier alpha value is -2.77. The first-order valence-corrected chi connectivity index (χ1v) is 8.13. The molecule has 134 valence electrons. The number of anilines is 1. The van der Waals surface area contributed by atoms with E-state index >= 15 is 0 Å². The molecule has 1 amide bonds. The SMILES string of the molecule is COc1cc(NC(=O)c2c(C)nc3ccc(Cl)cn23)c(Cl)cc1C(=O)O. The van der Waals surface area contributed by atoms with Crippen molar-refractivity contribution in [1.29, 1.82) is 0 Å². The number of pyridine rings is 1. The van der Waals surface area contributed by atoms with Gasteiger partial charge in [-0.1, -0.05) is 23.2 Å². The van der Waals surface area contributed by atoms with Gasteiger partial charge in [0.05, 0.1) is 28.5 Å². The second-order valence-electron chi connectivity index (χ2n) is 5.41. The Morgan fingerprint density at radius 1 is 1.27 bits per heavy atom. The fourth-order valence-electron chi connectivity index (χ4n) is 2.58. The van der Waals surface area contributed by atoms with Gasteiger partial charge in [-0.3, -0.25) is 9.20 Å². The first kappa shape index (κ1) is 18.0. The van der Waals surface area contributed by atoms with Crippen molar-refractivity contribution < 1.29 is 19.4 Å². The van der Waals surface area contributed by atoms with E-state index in [0.29, 0.717) is 22.1 Å². The Morgan fingerprint density at radius 2 is 2.00 bits per heavy atom. The summed E-state index contributed by atoms with van der Waals surface area (Å²) in [5, 5.41) is 12.4. The zero-order valence-corrected chi connectivity index (χ0v) is 15.2. The van der Waals surface area contributed by atoms with Gasteiger partial charge in [0.1, 0.15) is 22.7 Å². The van der Waals surface area contributed by atoms with E-state index in [1.165, 1.54) is 19.2 Å². The minimum absolute atomic E-state index is 0.0704. The lowest BCUT2D eigenvalue weighted by Gasteiger charge is -2.12. The molecule has 7 nitrogen and oxygen atoms in total. The third kappa shape index (κ3) is 3.18. The highest BCUT2D eigenvalue weighted by Gasteiger charge is 2.20. The number of nitrogens with one attached hydrogen (secondary N) is 1. The van der Waals surface area contributed by atoms with Crippen LogP contribution in [0.3, 0.4) is 0 Å². The van der Waals surface area contributed by atoms with Gasteiger partial charge in [0.2, 0.25) is 0 Å². The van der Waals surface area contributed by atoms with Crippen molar-refractivity contribution in [2.75, 3.05) is 12.4 Å². The number of nitrogens with zero attached hydrogens (tertiary/aromatic N) is 2. The molecule has 3 rings (SSSR count). The van der Waals surface area contributed by atoms with Crippen molar-refractivity contribution in [1.82, 2.24) is 9.38 Å². The second kappa shape index (κ2) is 6.86. The van der Waals surface area contributed by atoms with E-state index in [1.54, 1.807) is 29.7 Å². The summed E-state index contributed by atoms with van der Waals surface area (Å²) in [6.45, 7) is 1.70. The molecule has 0 spiro atoms. The van der Waals surface area contributed by atoms with Gasteiger partial charge in [-0.2, -0.15) is 0 Å². The van der Waals surface area contributed by atoms with Crippen LogP contribution in [0.2, 0.25) is 10.0 Å². The van der Waals surface area contributed by atoms with Crippen LogP contribution in [0.15, 0.2) is 30.5 Å². The number of halogens is 2. The first-order chi connectivity index (χ1) is 12.3. The molecule has 3 aromatic rings. The maximum atomic E-state index is 12.8. The predicted octanol–water partition coefficient (Wildman–Crippen LogP) is 3.91. The smallest absolute Gasteiger partial charge is 0.339 e. The number of aromatic nitrogens is 2. The minimum atomic E-state index is -1.19. The van der Waals surface area contributed by atoms with Crippen LogP contribution >= 0.6 is 23.2 Å². The maximum absolute atomic E-state index is 12.8. The number of ether oxygens (including phenoxy) is 1. The molecule has 0 saturated carbocycles. The van der Waals surface area contributed by atoms with E-state index in [4.69, 9.17) is 27.9 Å². The van der Waals surface area contributed by atoms with Crippen LogP contribution in [0.5, 0.6) is 5.75 Å². The fourth-order valence-corrected chi connectivity index (χ4v) is 2.95. The first-order valence-electron chi connectivity index (χ1n) is 7.38. The Balaban J connectivity index is 2.02. The summed E-state index contributed by atoms with van der Waals surface area (Å²) < 4.78 is 6.63. The number of rotatable bonds is 4. The lowest BCUT2D eigenvalue weighted by Crippen LogP contribution is -2.16. The monoisotopic (exact) mass is 393 g/mol. The van der Waals surface area contributed by atoms with E-state index in [0.717, 1.165) is 0 Å². The number of hydrogen-bond donors (Lipinski definition) is 2. The van der Waals surface area contributed by atoms with Gasteiger partial charge in [0.25, 0.3) is 5.91 Å². The highest BCUT2D eigenvalue weighted by atomic mass is 35.5. The molecule has 2 heterocycles. The summed E-state index contributed by atoms with van der Waals surface area (Å²) in [6, 6.07) is 5.95. The third-order valence-electron chi connectivity index (χ3n) is 3.74. The normalized spacial score (nSPS) is 10.8. The molecule has 0 aliphatic heterocycles. The molecule has 1 aromatic carbocycles. The van der Waals surface area contributed by atoms with Crippen molar-refractivity contribution in [2.24, 2.45) is 0 Å². The van der Waals surface area contributed by atoms with Crippen LogP contribution in [0.1, 0.15) is 26.5 Å². The van der Waals surface area contributed by atoms with E-state index < -0.39 is 11.9 Å². The van der Waals surface area contributed by atoms with E-state index in [-0.39, 0.29) is 22.0 Å². The number of benzene rings is 1. The van der Waals surface area contributed by atoms with Gasteiger partial charge in [0.15, 0.2) is 0 Å². The van der Waals surface area contributed by atoms with Crippen molar-refractivity contribution in [3.05, 3.63) is 57.5 Å². The van der Waals surface area contributed by atoms with Crippen LogP contribution in [-0.2, 0) is 0 Å². The fraction of sp³-hybridized carbons (Fsp3) is 0.118. The van der Waals surface area contributed by atoms with Crippen molar-refractivity contribution in [3.63, 3.8) is 0 Å². The molecule has 0 aliphatic rings. The molecule has 0 fully saturated rings. The number of aryl methyl sites for hydroxylation is 1. The average Bonchev–Trinajstić information content (AvgIpc) is 2.91. The molecule has 0 bridgehead atoms. The predicted molar refractivity (Wildman–Crippen MR) is 97.9 cm³/mol. The van der Waals surface area contributed by atoms with Gasteiger partial charge < -0.3 is 15.2 Å². The molecule has 2 aromatic heterocycles. The quantitative estimate of drug-likeness (QED) is 0.700. The van der Waals surface area contributed by atoms with Gasteiger partial charge in [0, 0.05) is 12.3 Å². The molecule has 9 heteroatoms. The lowest BCUT2D eigenvalue weighted by molar-refractivity contribution is 0.0693. The Kier molecular flexibility index (Phi) is 4.76. The summed E-state index contributed by atoms with van der Waals surface area (Å²) in [5.74, 6) is -1.58. The van der Waals surface area contributed by atoms with Crippen LogP contribution in [0, 0.1) is 6.92 Å². The number of amides is 1. The second-order valence-corrected chi connectivity index (χ2v) is 6.26. The zero-order valence-electron chi connectivity index (χ0n) is 13.7. The molecular weight excluding hydrogens is 381 g/mol. The number of hydrogen-bond acceptors (Lipinski definition) is 4. The number of carboxylic acid groups (broad SMARTS) is 1. The van der Waals surface area contributed by atoms with Crippen molar-refractivity contribution >= 4 is 46.4 Å². The maximum Gasteiger partial charge on any atom is 0.339 e. The topological polar surface area (TPSA) is 92.9 Å². The molecular formula is C17H13Cl2N3O4. The molecule has 0 radical (unpaired) electrons. The summed E-state index contributed by atoms with van der Waals surface area (Å²) in [5.41, 5.74) is 1.49. The van der Waals surface area contributed by atoms with Crippen LogP contribution in [0.25, 0.3) is 5.65 Å². The van der Waals surface area contributed by atoms with E-state index in [2.05, 4.69) is 10.3 Å². The number of aromatic carboxylic acids is 1. The van der Waals surface area contributed by atoms with Crippen LogP contribution < -0.4 is 10.1 Å².